The molecule has 1 aliphatic carbocycles. The topological polar surface area (TPSA) is 15.3 Å². The lowest BCUT2D eigenvalue weighted by Crippen LogP contribution is -2.25. The van der Waals surface area contributed by atoms with Crippen molar-refractivity contribution in [1.29, 1.82) is 0 Å². The van der Waals surface area contributed by atoms with E-state index in [0.717, 1.165) is 25.7 Å². The van der Waals surface area contributed by atoms with E-state index in [1.54, 1.807) is 0 Å². The molecule has 0 amide bonds. The fraction of sp³-hybridized carbons (Fsp3) is 0.625. The van der Waals surface area contributed by atoms with Crippen LogP contribution in [-0.2, 0) is 6.54 Å². The zero-order valence-electron chi connectivity index (χ0n) is 12.2. The summed E-state index contributed by atoms with van der Waals surface area (Å²) in [5.41, 5.74) is 1.40. The Balaban J connectivity index is 1.68. The molecule has 2 rings (SSSR count). The smallest absolute Gasteiger partial charge is 0.0208 e. The number of nitrogens with zero attached hydrogens (tertiary/aromatic N) is 1. The van der Waals surface area contributed by atoms with Gasteiger partial charge in [0.25, 0.3) is 0 Å². The highest BCUT2D eigenvalue weighted by molar-refractivity contribution is 7.99. The fourth-order valence-corrected chi connectivity index (χ4v) is 3.00. The predicted octanol–water partition coefficient (Wildman–Crippen LogP) is 3.37. The van der Waals surface area contributed by atoms with E-state index in [9.17, 15) is 0 Å². The summed E-state index contributed by atoms with van der Waals surface area (Å²) in [5.74, 6) is 1.18. The molecule has 0 heterocycles. The normalized spacial score (nSPS) is 15.1. The first-order valence-electron chi connectivity index (χ1n) is 7.49. The Labute approximate surface area is 122 Å². The predicted molar refractivity (Wildman–Crippen MR) is 84.8 cm³/mol. The summed E-state index contributed by atoms with van der Waals surface area (Å²) in [6.45, 7) is 8.98. The van der Waals surface area contributed by atoms with Gasteiger partial charge in [-0.3, -0.25) is 0 Å². The molecule has 1 aromatic rings. The number of benzene rings is 1. The maximum absolute atomic E-state index is 3.55. The van der Waals surface area contributed by atoms with Gasteiger partial charge < -0.3 is 10.2 Å². The molecule has 0 atom stereocenters. The average Bonchev–Trinajstić information content (AvgIpc) is 3.27. The molecule has 2 nitrogen and oxygen atoms in total. The summed E-state index contributed by atoms with van der Waals surface area (Å²) in [7, 11) is 0. The summed E-state index contributed by atoms with van der Waals surface area (Å²) in [5, 5.41) is 3.55. The standard InChI is InChI=1S/C16H26N2S/c1-3-18(4-2)11-12-19-16-9-5-14(6-10-16)13-17-15-7-8-15/h5-6,9-10,15,17H,3-4,7-8,11-13H2,1-2H3. The lowest BCUT2D eigenvalue weighted by molar-refractivity contribution is 0.324. The highest BCUT2D eigenvalue weighted by Gasteiger charge is 2.19. The summed E-state index contributed by atoms with van der Waals surface area (Å²) in [6, 6.07) is 9.83. The lowest BCUT2D eigenvalue weighted by atomic mass is 10.2. The Morgan fingerprint density at radius 2 is 1.84 bits per heavy atom. The third kappa shape index (κ3) is 5.55. The van der Waals surface area contributed by atoms with Crippen LogP contribution in [0.15, 0.2) is 29.2 Å². The summed E-state index contributed by atoms with van der Waals surface area (Å²) in [6.07, 6.45) is 2.72. The zero-order chi connectivity index (χ0) is 13.5. The molecule has 1 N–H and O–H groups in total. The Morgan fingerprint density at radius 3 is 2.42 bits per heavy atom. The van der Waals surface area contributed by atoms with Crippen LogP contribution in [0.25, 0.3) is 0 Å². The fourth-order valence-electron chi connectivity index (χ4n) is 2.09. The molecule has 0 saturated heterocycles. The summed E-state index contributed by atoms with van der Waals surface area (Å²) < 4.78 is 0. The van der Waals surface area contributed by atoms with Crippen molar-refractivity contribution in [3.63, 3.8) is 0 Å². The van der Waals surface area contributed by atoms with Crippen LogP contribution in [-0.4, -0.2) is 36.3 Å². The monoisotopic (exact) mass is 278 g/mol. The SMILES string of the molecule is CCN(CC)CCSc1ccc(CNC2CC2)cc1. The van der Waals surface area contributed by atoms with Gasteiger partial charge in [0.2, 0.25) is 0 Å². The molecular formula is C16H26N2S. The van der Waals surface area contributed by atoms with Gasteiger partial charge in [-0.1, -0.05) is 26.0 Å². The molecule has 1 fully saturated rings. The van der Waals surface area contributed by atoms with Crippen molar-refractivity contribution >= 4 is 11.8 Å². The molecule has 106 valence electrons. The molecule has 1 aliphatic rings. The number of thioether (sulfide) groups is 1. The van der Waals surface area contributed by atoms with Crippen LogP contribution in [0.2, 0.25) is 0 Å². The largest absolute Gasteiger partial charge is 0.310 e. The van der Waals surface area contributed by atoms with Crippen molar-refractivity contribution in [3.8, 4) is 0 Å². The van der Waals surface area contributed by atoms with Crippen molar-refractivity contribution in [2.45, 2.75) is 44.2 Å². The van der Waals surface area contributed by atoms with Gasteiger partial charge in [0.1, 0.15) is 0 Å². The van der Waals surface area contributed by atoms with Gasteiger partial charge in [0.15, 0.2) is 0 Å². The molecule has 0 radical (unpaired) electrons. The van der Waals surface area contributed by atoms with Crippen molar-refractivity contribution < 1.29 is 0 Å². The number of hydrogen-bond donors (Lipinski definition) is 1. The van der Waals surface area contributed by atoms with Gasteiger partial charge in [-0.25, -0.2) is 0 Å². The maximum Gasteiger partial charge on any atom is 0.0208 e. The van der Waals surface area contributed by atoms with E-state index in [4.69, 9.17) is 0 Å². The van der Waals surface area contributed by atoms with Crippen molar-refractivity contribution in [2.75, 3.05) is 25.4 Å². The Kier molecular flexibility index (Phi) is 6.21. The number of nitrogens with one attached hydrogen (secondary N) is 1. The van der Waals surface area contributed by atoms with Crippen LogP contribution in [0, 0.1) is 0 Å². The van der Waals surface area contributed by atoms with E-state index in [0.29, 0.717) is 0 Å². The molecule has 0 spiro atoms. The zero-order valence-corrected chi connectivity index (χ0v) is 13.0. The van der Waals surface area contributed by atoms with Gasteiger partial charge >= 0.3 is 0 Å². The van der Waals surface area contributed by atoms with Crippen LogP contribution in [0.4, 0.5) is 0 Å². The van der Waals surface area contributed by atoms with Crippen molar-refractivity contribution in [1.82, 2.24) is 10.2 Å². The van der Waals surface area contributed by atoms with Gasteiger partial charge in [-0.05, 0) is 43.6 Å². The molecule has 3 heteroatoms. The van der Waals surface area contributed by atoms with E-state index in [2.05, 4.69) is 48.3 Å². The number of hydrogen-bond acceptors (Lipinski definition) is 3. The van der Waals surface area contributed by atoms with Gasteiger partial charge in [-0.15, -0.1) is 11.8 Å². The van der Waals surface area contributed by atoms with Crippen LogP contribution in [0.1, 0.15) is 32.3 Å². The first-order chi connectivity index (χ1) is 9.31. The highest BCUT2D eigenvalue weighted by Crippen LogP contribution is 2.21. The third-order valence-corrected chi connectivity index (χ3v) is 4.66. The minimum Gasteiger partial charge on any atom is -0.310 e. The van der Waals surface area contributed by atoms with Gasteiger partial charge in [-0.2, -0.15) is 0 Å². The van der Waals surface area contributed by atoms with Crippen LogP contribution in [0.5, 0.6) is 0 Å². The van der Waals surface area contributed by atoms with Crippen LogP contribution < -0.4 is 5.32 Å². The second kappa shape index (κ2) is 7.93. The first-order valence-corrected chi connectivity index (χ1v) is 8.47. The summed E-state index contributed by atoms with van der Waals surface area (Å²) >= 11 is 1.96. The Bertz CT molecular complexity index is 356. The molecule has 1 saturated carbocycles. The van der Waals surface area contributed by atoms with E-state index in [1.807, 2.05) is 11.8 Å². The molecule has 0 aliphatic heterocycles. The highest BCUT2D eigenvalue weighted by atomic mass is 32.2. The third-order valence-electron chi connectivity index (χ3n) is 3.67. The van der Waals surface area contributed by atoms with Crippen molar-refractivity contribution in [3.05, 3.63) is 29.8 Å². The van der Waals surface area contributed by atoms with Crippen LogP contribution in [0.3, 0.4) is 0 Å². The molecule has 0 aromatic heterocycles. The summed E-state index contributed by atoms with van der Waals surface area (Å²) in [4.78, 5) is 3.86. The lowest BCUT2D eigenvalue weighted by Gasteiger charge is -2.17. The molecule has 0 unspecified atom stereocenters. The second-order valence-corrected chi connectivity index (χ2v) is 6.34. The van der Waals surface area contributed by atoms with Crippen molar-refractivity contribution in [2.24, 2.45) is 0 Å². The first kappa shape index (κ1) is 14.9. The Hall–Kier alpha value is -0.510. The van der Waals surface area contributed by atoms with Gasteiger partial charge in [0, 0.05) is 29.8 Å². The Morgan fingerprint density at radius 1 is 1.16 bits per heavy atom. The molecule has 0 bridgehead atoms. The average molecular weight is 278 g/mol. The quantitative estimate of drug-likeness (QED) is 0.697. The minimum absolute atomic E-state index is 0.795. The number of rotatable bonds is 9. The minimum atomic E-state index is 0.795. The molecular weight excluding hydrogens is 252 g/mol. The van der Waals surface area contributed by atoms with Crippen LogP contribution >= 0.6 is 11.8 Å². The molecule has 19 heavy (non-hydrogen) atoms. The van der Waals surface area contributed by atoms with E-state index < -0.39 is 0 Å². The van der Waals surface area contributed by atoms with E-state index in [-0.39, 0.29) is 0 Å². The van der Waals surface area contributed by atoms with E-state index in [1.165, 1.54) is 35.6 Å². The molecule has 1 aromatic carbocycles. The van der Waals surface area contributed by atoms with Gasteiger partial charge in [0.05, 0.1) is 0 Å². The van der Waals surface area contributed by atoms with E-state index >= 15 is 0 Å². The second-order valence-electron chi connectivity index (χ2n) is 5.17. The maximum atomic E-state index is 3.55.